The van der Waals surface area contributed by atoms with Gasteiger partial charge in [0, 0.05) is 6.54 Å². The molecule has 0 bridgehead atoms. The Hall–Kier alpha value is -0.570. The van der Waals surface area contributed by atoms with E-state index in [2.05, 4.69) is 11.2 Å². The molecule has 3 N–H and O–H groups in total. The molecule has 0 aliphatic carbocycles. The molecule has 10 heavy (non-hydrogen) atoms. The van der Waals surface area contributed by atoms with Crippen molar-refractivity contribution < 1.29 is 8.42 Å². The third-order valence-electron chi connectivity index (χ3n) is 0.790. The topological polar surface area (TPSA) is 72.2 Å². The van der Waals surface area contributed by atoms with Crippen LogP contribution in [0.3, 0.4) is 0 Å². The van der Waals surface area contributed by atoms with Crippen molar-refractivity contribution in [2.24, 2.45) is 5.14 Å². The van der Waals surface area contributed by atoms with Crippen molar-refractivity contribution >= 4 is 10.0 Å². The van der Waals surface area contributed by atoms with Crippen LogP contribution in [0.25, 0.3) is 0 Å². The van der Waals surface area contributed by atoms with Crippen molar-refractivity contribution in [3.8, 4) is 12.3 Å². The Morgan fingerprint density at radius 2 is 2.20 bits per heavy atom. The van der Waals surface area contributed by atoms with Gasteiger partial charge < -0.3 is 5.32 Å². The molecular weight excluding hydrogens is 152 g/mol. The summed E-state index contributed by atoms with van der Waals surface area (Å²) in [6.45, 7) is 0.679. The number of terminal acetylenes is 1. The fourth-order valence-electron chi connectivity index (χ4n) is 0.375. The molecule has 0 atom stereocenters. The molecule has 0 saturated carbocycles. The van der Waals surface area contributed by atoms with Crippen LogP contribution in [0.15, 0.2) is 0 Å². The van der Waals surface area contributed by atoms with Gasteiger partial charge in [-0.25, -0.2) is 13.6 Å². The highest BCUT2D eigenvalue weighted by molar-refractivity contribution is 7.89. The number of sulfonamides is 1. The first-order valence-corrected chi connectivity index (χ1v) is 4.42. The fourth-order valence-corrected chi connectivity index (χ4v) is 0.804. The summed E-state index contributed by atoms with van der Waals surface area (Å²) in [4.78, 5) is 0. The predicted molar refractivity (Wildman–Crippen MR) is 39.7 cm³/mol. The largest absolute Gasteiger partial charge is 0.305 e. The molecule has 0 rings (SSSR count). The normalized spacial score (nSPS) is 10.8. The van der Waals surface area contributed by atoms with Gasteiger partial charge in [-0.1, -0.05) is 5.92 Å². The lowest BCUT2D eigenvalue weighted by Crippen LogP contribution is -2.27. The molecule has 0 spiro atoms. The zero-order chi connectivity index (χ0) is 8.04. The van der Waals surface area contributed by atoms with E-state index in [9.17, 15) is 8.42 Å². The van der Waals surface area contributed by atoms with Gasteiger partial charge in [-0.15, -0.1) is 6.42 Å². The highest BCUT2D eigenvalue weighted by Crippen LogP contribution is 1.72. The van der Waals surface area contributed by atoms with Gasteiger partial charge in [-0.2, -0.15) is 0 Å². The molecule has 0 fully saturated rings. The lowest BCUT2D eigenvalue weighted by atomic mass is 10.6. The summed E-state index contributed by atoms with van der Waals surface area (Å²) >= 11 is 0. The second-order valence-corrected chi connectivity index (χ2v) is 3.48. The molecule has 0 aliphatic heterocycles. The van der Waals surface area contributed by atoms with Gasteiger partial charge >= 0.3 is 0 Å². The molecule has 5 heteroatoms. The predicted octanol–water partition coefficient (Wildman–Crippen LogP) is -1.50. The van der Waals surface area contributed by atoms with Crippen LogP contribution in [-0.2, 0) is 10.0 Å². The van der Waals surface area contributed by atoms with Gasteiger partial charge in [0.2, 0.25) is 10.0 Å². The van der Waals surface area contributed by atoms with Crippen LogP contribution in [0, 0.1) is 12.3 Å². The summed E-state index contributed by atoms with van der Waals surface area (Å²) in [7, 11) is -3.34. The van der Waals surface area contributed by atoms with Crippen molar-refractivity contribution in [1.82, 2.24) is 5.32 Å². The van der Waals surface area contributed by atoms with Gasteiger partial charge in [0.1, 0.15) is 0 Å². The Morgan fingerprint density at radius 3 is 2.60 bits per heavy atom. The van der Waals surface area contributed by atoms with E-state index in [-0.39, 0.29) is 5.75 Å². The van der Waals surface area contributed by atoms with E-state index < -0.39 is 10.0 Å². The van der Waals surface area contributed by atoms with Crippen LogP contribution in [0.4, 0.5) is 0 Å². The molecule has 0 radical (unpaired) electrons. The van der Waals surface area contributed by atoms with Crippen LogP contribution in [0.1, 0.15) is 0 Å². The molecule has 0 heterocycles. The number of hydrogen-bond donors (Lipinski definition) is 2. The summed E-state index contributed by atoms with van der Waals surface area (Å²) in [5.41, 5.74) is 0. The molecule has 4 nitrogen and oxygen atoms in total. The molecule has 0 aromatic rings. The number of hydrogen-bond acceptors (Lipinski definition) is 3. The molecule has 0 aromatic carbocycles. The third-order valence-corrected chi connectivity index (χ3v) is 1.56. The van der Waals surface area contributed by atoms with Crippen LogP contribution in [0.5, 0.6) is 0 Å². The maximum absolute atomic E-state index is 10.3. The first kappa shape index (κ1) is 9.43. The lowest BCUT2D eigenvalue weighted by molar-refractivity contribution is 0.594. The Morgan fingerprint density at radius 1 is 1.60 bits per heavy atom. The number of rotatable bonds is 4. The molecule has 0 amide bonds. The number of nitrogens with one attached hydrogen (secondary N) is 1. The highest BCUT2D eigenvalue weighted by Gasteiger charge is 1.99. The minimum absolute atomic E-state index is 0.0747. The van der Waals surface area contributed by atoms with Gasteiger partial charge in [-0.05, 0) is 0 Å². The van der Waals surface area contributed by atoms with Crippen molar-refractivity contribution in [3.05, 3.63) is 0 Å². The SMILES string of the molecule is C#CCNCCS(N)(=O)=O. The van der Waals surface area contributed by atoms with Crippen LogP contribution in [0.2, 0.25) is 0 Å². The monoisotopic (exact) mass is 162 g/mol. The van der Waals surface area contributed by atoms with E-state index >= 15 is 0 Å². The minimum Gasteiger partial charge on any atom is -0.305 e. The van der Waals surface area contributed by atoms with E-state index in [4.69, 9.17) is 11.6 Å². The van der Waals surface area contributed by atoms with E-state index in [1.807, 2.05) is 0 Å². The van der Waals surface area contributed by atoms with Crippen molar-refractivity contribution in [1.29, 1.82) is 0 Å². The maximum Gasteiger partial charge on any atom is 0.210 e. The van der Waals surface area contributed by atoms with Crippen LogP contribution in [-0.4, -0.2) is 27.3 Å². The molecule has 0 unspecified atom stereocenters. The molecule has 0 aliphatic rings. The Labute approximate surface area is 60.8 Å². The summed E-state index contributed by atoms with van der Waals surface area (Å²) in [6, 6.07) is 0. The number of primary sulfonamides is 1. The Kier molecular flexibility index (Phi) is 4.03. The lowest BCUT2D eigenvalue weighted by Gasteiger charge is -1.96. The average Bonchev–Trinajstić information content (AvgIpc) is 1.78. The standard InChI is InChI=1S/C5H10N2O2S/c1-2-3-7-4-5-10(6,8)9/h1,7H,3-5H2,(H2,6,8,9). The van der Waals surface area contributed by atoms with E-state index in [1.54, 1.807) is 0 Å². The van der Waals surface area contributed by atoms with Crippen molar-refractivity contribution in [2.75, 3.05) is 18.8 Å². The van der Waals surface area contributed by atoms with Crippen LogP contribution >= 0.6 is 0 Å². The van der Waals surface area contributed by atoms with Gasteiger partial charge in [0.05, 0.1) is 12.3 Å². The first-order valence-electron chi connectivity index (χ1n) is 2.71. The van der Waals surface area contributed by atoms with Crippen molar-refractivity contribution in [3.63, 3.8) is 0 Å². The highest BCUT2D eigenvalue weighted by atomic mass is 32.2. The van der Waals surface area contributed by atoms with E-state index in [0.717, 1.165) is 0 Å². The van der Waals surface area contributed by atoms with Gasteiger partial charge in [0.15, 0.2) is 0 Å². The molecule has 0 saturated heterocycles. The summed E-state index contributed by atoms with van der Waals surface area (Å²) < 4.78 is 20.6. The third kappa shape index (κ3) is 7.43. The van der Waals surface area contributed by atoms with Crippen molar-refractivity contribution in [2.45, 2.75) is 0 Å². The second kappa shape index (κ2) is 4.28. The summed E-state index contributed by atoms with van der Waals surface area (Å²) in [6.07, 6.45) is 4.89. The summed E-state index contributed by atoms with van der Waals surface area (Å²) in [5.74, 6) is 2.23. The molecular formula is C5H10N2O2S. The first-order chi connectivity index (χ1) is 4.56. The van der Waals surface area contributed by atoms with E-state index in [1.165, 1.54) is 0 Å². The quantitative estimate of drug-likeness (QED) is 0.390. The van der Waals surface area contributed by atoms with Gasteiger partial charge in [-0.3, -0.25) is 0 Å². The Balaban J connectivity index is 3.32. The van der Waals surface area contributed by atoms with E-state index in [0.29, 0.717) is 13.1 Å². The van der Waals surface area contributed by atoms with Crippen LogP contribution < -0.4 is 10.5 Å². The smallest absolute Gasteiger partial charge is 0.210 e. The average molecular weight is 162 g/mol. The zero-order valence-electron chi connectivity index (χ0n) is 5.50. The fraction of sp³-hybridized carbons (Fsp3) is 0.600. The minimum atomic E-state index is -3.34. The molecule has 0 aromatic heterocycles. The number of nitrogens with two attached hydrogens (primary N) is 1. The summed E-state index contributed by atoms with van der Waals surface area (Å²) in [5, 5.41) is 7.39. The molecule has 58 valence electrons. The maximum atomic E-state index is 10.3. The zero-order valence-corrected chi connectivity index (χ0v) is 6.32. The van der Waals surface area contributed by atoms with Gasteiger partial charge in [0.25, 0.3) is 0 Å². The second-order valence-electron chi connectivity index (χ2n) is 1.75. The Bertz CT molecular complexity index is 214.